The standard InChI is InChI=1S/C34H35N3O6/c35-25-5-1-21(12-28(25)38)41-31-8-4-24(34-15-18-9-19(16-34)11-20(10-18)17-34)32(42-22-2-6-26(36)29(39)13-22)33(31)43-23-3-7-27(37)30(40)14-23/h1-8,12-14,18-20,38-40H,9-11,15-17,35-37H2. The molecule has 9 nitrogen and oxygen atoms in total. The number of hydrogen-bond donors (Lipinski definition) is 6. The number of ether oxygens (including phenoxy) is 3. The van der Waals surface area contributed by atoms with Gasteiger partial charge in [-0.1, -0.05) is 6.07 Å². The van der Waals surface area contributed by atoms with Crippen LogP contribution in [0.3, 0.4) is 0 Å². The van der Waals surface area contributed by atoms with Crippen molar-refractivity contribution in [3.63, 3.8) is 0 Å². The van der Waals surface area contributed by atoms with Crippen molar-refractivity contribution in [2.45, 2.75) is 43.9 Å². The number of benzene rings is 4. The van der Waals surface area contributed by atoms with Crippen LogP contribution in [0, 0.1) is 17.8 Å². The molecule has 4 fully saturated rings. The van der Waals surface area contributed by atoms with E-state index in [-0.39, 0.29) is 45.5 Å². The molecule has 4 aliphatic carbocycles. The number of nitrogen functional groups attached to an aromatic ring is 3. The Labute approximate surface area is 249 Å². The number of phenolic OH excluding ortho intramolecular Hbond substituents is 3. The summed E-state index contributed by atoms with van der Waals surface area (Å²) in [6.45, 7) is 0. The molecule has 0 radical (unpaired) electrons. The van der Waals surface area contributed by atoms with E-state index in [2.05, 4.69) is 6.07 Å². The maximum Gasteiger partial charge on any atom is 0.212 e. The molecule has 43 heavy (non-hydrogen) atoms. The second-order valence-electron chi connectivity index (χ2n) is 12.4. The van der Waals surface area contributed by atoms with E-state index < -0.39 is 0 Å². The summed E-state index contributed by atoms with van der Waals surface area (Å²) in [5.41, 5.74) is 19.2. The van der Waals surface area contributed by atoms with Gasteiger partial charge >= 0.3 is 0 Å². The predicted octanol–water partition coefficient (Wildman–Crippen LogP) is 7.39. The molecule has 4 aromatic carbocycles. The summed E-state index contributed by atoms with van der Waals surface area (Å²) in [5, 5.41) is 31.0. The lowest BCUT2D eigenvalue weighted by molar-refractivity contribution is -0.00610. The van der Waals surface area contributed by atoms with E-state index in [1.54, 1.807) is 36.4 Å². The van der Waals surface area contributed by atoms with Gasteiger partial charge < -0.3 is 46.7 Å². The zero-order valence-electron chi connectivity index (χ0n) is 23.6. The Kier molecular flexibility index (Phi) is 6.34. The summed E-state index contributed by atoms with van der Waals surface area (Å²) in [5.74, 6) is 3.81. The third kappa shape index (κ3) is 4.94. The normalized spacial score (nSPS) is 23.7. The molecule has 0 heterocycles. The fraction of sp³-hybridized carbons (Fsp3) is 0.294. The highest BCUT2D eigenvalue weighted by atomic mass is 16.5. The van der Waals surface area contributed by atoms with Crippen molar-refractivity contribution in [3.8, 4) is 51.7 Å². The van der Waals surface area contributed by atoms with Gasteiger partial charge in [0.2, 0.25) is 5.75 Å². The topological polar surface area (TPSA) is 166 Å². The van der Waals surface area contributed by atoms with Gasteiger partial charge in [-0.25, -0.2) is 0 Å². The van der Waals surface area contributed by atoms with Gasteiger partial charge in [0.1, 0.15) is 34.5 Å². The van der Waals surface area contributed by atoms with Crippen LogP contribution in [0.1, 0.15) is 44.1 Å². The lowest BCUT2D eigenvalue weighted by Crippen LogP contribution is -2.48. The Hall–Kier alpha value is -4.92. The fourth-order valence-corrected chi connectivity index (χ4v) is 7.80. The Morgan fingerprint density at radius 3 is 1.40 bits per heavy atom. The first-order valence-electron chi connectivity index (χ1n) is 14.6. The van der Waals surface area contributed by atoms with Crippen LogP contribution in [0.4, 0.5) is 17.1 Å². The first-order chi connectivity index (χ1) is 20.7. The molecule has 0 atom stereocenters. The third-order valence-corrected chi connectivity index (χ3v) is 9.36. The van der Waals surface area contributed by atoms with Gasteiger partial charge in [0.05, 0.1) is 17.1 Å². The molecule has 9 heteroatoms. The highest BCUT2D eigenvalue weighted by Gasteiger charge is 2.53. The minimum Gasteiger partial charge on any atom is -0.506 e. The quantitative estimate of drug-likeness (QED) is 0.0963. The van der Waals surface area contributed by atoms with Crippen LogP contribution in [-0.2, 0) is 5.41 Å². The summed E-state index contributed by atoms with van der Waals surface area (Å²) < 4.78 is 19.4. The Morgan fingerprint density at radius 1 is 0.535 bits per heavy atom. The average Bonchev–Trinajstić information content (AvgIpc) is 2.95. The maximum atomic E-state index is 10.4. The van der Waals surface area contributed by atoms with Crippen molar-refractivity contribution < 1.29 is 29.5 Å². The third-order valence-electron chi connectivity index (χ3n) is 9.36. The van der Waals surface area contributed by atoms with Crippen molar-refractivity contribution >= 4 is 17.1 Å². The molecule has 4 aromatic rings. The van der Waals surface area contributed by atoms with Crippen LogP contribution in [0.5, 0.6) is 51.7 Å². The van der Waals surface area contributed by atoms with Gasteiger partial charge in [0.25, 0.3) is 0 Å². The molecule has 0 amide bonds. The van der Waals surface area contributed by atoms with Crippen LogP contribution in [0.25, 0.3) is 0 Å². The van der Waals surface area contributed by atoms with E-state index in [4.69, 9.17) is 31.4 Å². The Morgan fingerprint density at radius 2 is 0.953 bits per heavy atom. The first-order valence-corrected chi connectivity index (χ1v) is 14.6. The predicted molar refractivity (Wildman–Crippen MR) is 164 cm³/mol. The monoisotopic (exact) mass is 581 g/mol. The van der Waals surface area contributed by atoms with Crippen LogP contribution in [0.15, 0.2) is 66.7 Å². The summed E-state index contributed by atoms with van der Waals surface area (Å²) in [7, 11) is 0. The van der Waals surface area contributed by atoms with E-state index in [9.17, 15) is 15.3 Å². The molecule has 4 aliphatic rings. The van der Waals surface area contributed by atoms with Gasteiger partial charge in [0, 0.05) is 23.8 Å². The number of nitrogens with two attached hydrogens (primary N) is 3. The van der Waals surface area contributed by atoms with E-state index in [1.165, 1.54) is 37.5 Å². The SMILES string of the molecule is Nc1ccc(Oc2ccc(C34CC5CC(CC(C5)C3)C4)c(Oc3ccc(N)c(O)c3)c2Oc2ccc(N)c(O)c2)cc1O. The molecule has 0 aromatic heterocycles. The first kappa shape index (κ1) is 26.9. The van der Waals surface area contributed by atoms with Crippen molar-refractivity contribution in [1.82, 2.24) is 0 Å². The van der Waals surface area contributed by atoms with E-state index in [0.717, 1.165) is 24.8 Å². The van der Waals surface area contributed by atoms with Gasteiger partial charge in [0.15, 0.2) is 11.5 Å². The van der Waals surface area contributed by atoms with Crippen LogP contribution >= 0.6 is 0 Å². The van der Waals surface area contributed by atoms with E-state index in [0.29, 0.717) is 46.5 Å². The second kappa shape index (κ2) is 10.1. The van der Waals surface area contributed by atoms with Crippen molar-refractivity contribution in [3.05, 3.63) is 72.3 Å². The number of anilines is 3. The van der Waals surface area contributed by atoms with Gasteiger partial charge in [-0.3, -0.25) is 0 Å². The molecular formula is C34H35N3O6. The zero-order valence-corrected chi connectivity index (χ0v) is 23.6. The molecule has 0 spiro atoms. The fourth-order valence-electron chi connectivity index (χ4n) is 7.80. The second-order valence-corrected chi connectivity index (χ2v) is 12.4. The van der Waals surface area contributed by atoms with E-state index >= 15 is 0 Å². The van der Waals surface area contributed by atoms with Gasteiger partial charge in [-0.2, -0.15) is 0 Å². The molecule has 9 N–H and O–H groups in total. The van der Waals surface area contributed by atoms with Crippen molar-refractivity contribution in [2.75, 3.05) is 17.2 Å². The zero-order chi connectivity index (χ0) is 29.9. The van der Waals surface area contributed by atoms with Crippen LogP contribution < -0.4 is 31.4 Å². The molecular weight excluding hydrogens is 546 g/mol. The average molecular weight is 582 g/mol. The molecule has 4 saturated carbocycles. The van der Waals surface area contributed by atoms with Crippen LogP contribution in [-0.4, -0.2) is 15.3 Å². The summed E-state index contributed by atoms with van der Waals surface area (Å²) in [6.07, 6.45) is 7.02. The number of aromatic hydroxyl groups is 3. The summed E-state index contributed by atoms with van der Waals surface area (Å²) in [4.78, 5) is 0. The maximum absolute atomic E-state index is 10.4. The van der Waals surface area contributed by atoms with Crippen LogP contribution in [0.2, 0.25) is 0 Å². The van der Waals surface area contributed by atoms with Crippen molar-refractivity contribution in [2.24, 2.45) is 17.8 Å². The molecule has 4 bridgehead atoms. The van der Waals surface area contributed by atoms with Crippen molar-refractivity contribution in [1.29, 1.82) is 0 Å². The Balaban J connectivity index is 1.41. The molecule has 0 unspecified atom stereocenters. The number of hydrogen-bond acceptors (Lipinski definition) is 9. The summed E-state index contributed by atoms with van der Waals surface area (Å²) >= 11 is 0. The summed E-state index contributed by atoms with van der Waals surface area (Å²) in [6, 6.07) is 18.0. The number of rotatable bonds is 7. The Bertz CT molecular complexity index is 1690. The van der Waals surface area contributed by atoms with Gasteiger partial charge in [-0.05, 0) is 104 Å². The molecule has 0 aliphatic heterocycles. The molecule has 8 rings (SSSR count). The minimum absolute atomic E-state index is 0.0930. The van der Waals surface area contributed by atoms with E-state index in [1.807, 2.05) is 6.07 Å². The largest absolute Gasteiger partial charge is 0.506 e. The molecule has 0 saturated heterocycles. The van der Waals surface area contributed by atoms with Gasteiger partial charge in [-0.15, -0.1) is 0 Å². The highest BCUT2D eigenvalue weighted by Crippen LogP contribution is 2.64. The highest BCUT2D eigenvalue weighted by molar-refractivity contribution is 5.64. The molecule has 222 valence electrons. The lowest BCUT2D eigenvalue weighted by Gasteiger charge is -2.57. The smallest absolute Gasteiger partial charge is 0.212 e. The number of phenols is 3. The lowest BCUT2D eigenvalue weighted by atomic mass is 9.48. The minimum atomic E-state index is -0.119.